The normalized spacial score (nSPS) is 18.3. The van der Waals surface area contributed by atoms with Crippen molar-refractivity contribution in [2.75, 3.05) is 13.2 Å². The van der Waals surface area contributed by atoms with E-state index in [-0.39, 0.29) is 54.9 Å². The van der Waals surface area contributed by atoms with Gasteiger partial charge in [-0.3, -0.25) is 9.78 Å². The van der Waals surface area contributed by atoms with Crippen molar-refractivity contribution < 1.29 is 13.9 Å². The lowest BCUT2D eigenvalue weighted by atomic mass is 9.93. The number of aromatic nitrogens is 2. The molecule has 1 saturated heterocycles. The van der Waals surface area contributed by atoms with Gasteiger partial charge in [0.25, 0.3) is 5.91 Å². The minimum atomic E-state index is -0.270. The van der Waals surface area contributed by atoms with E-state index in [1.807, 2.05) is 30.5 Å². The van der Waals surface area contributed by atoms with Gasteiger partial charge in [-0.15, -0.1) is 24.8 Å². The summed E-state index contributed by atoms with van der Waals surface area (Å²) in [4.78, 5) is 20.9. The highest BCUT2D eigenvalue weighted by molar-refractivity contribution is 5.92. The quantitative estimate of drug-likeness (QED) is 0.651. The highest BCUT2D eigenvalue weighted by atomic mass is 35.5. The average Bonchev–Trinajstić information content (AvgIpc) is 3.32. The van der Waals surface area contributed by atoms with Gasteiger partial charge < -0.3 is 20.2 Å². The average molecular weight is 425 g/mol. The fourth-order valence-electron chi connectivity index (χ4n) is 3.33. The number of amides is 1. The Labute approximate surface area is 174 Å². The third-order valence-electron chi connectivity index (χ3n) is 4.70. The van der Waals surface area contributed by atoms with E-state index in [4.69, 9.17) is 14.9 Å². The highest BCUT2D eigenvalue weighted by Crippen LogP contribution is 2.24. The number of oxazole rings is 1. The second-order valence-electron chi connectivity index (χ2n) is 6.40. The van der Waals surface area contributed by atoms with Crippen LogP contribution in [0.15, 0.2) is 47.2 Å². The van der Waals surface area contributed by atoms with E-state index in [1.54, 1.807) is 0 Å². The summed E-state index contributed by atoms with van der Waals surface area (Å²) >= 11 is 0. The number of halogens is 2. The van der Waals surface area contributed by atoms with Crippen molar-refractivity contribution in [3.05, 3.63) is 59.9 Å². The Kier molecular flexibility index (Phi) is 7.77. The van der Waals surface area contributed by atoms with Gasteiger partial charge in [-0.25, -0.2) is 4.98 Å². The standard InChI is InChI=1S/C19H20N4O3.2ClH/c20-8-18-22-17(11-26-18)19(24)23-16-10-25-9-13(16)7-12-5-6-21-15-4-2-1-3-14(12)15;;/h1-6,11,13,16H,7-10,20H2,(H,23,24);2*1H/t13-,16-;;/m1../s1. The summed E-state index contributed by atoms with van der Waals surface area (Å²) in [5, 5.41) is 4.14. The van der Waals surface area contributed by atoms with Gasteiger partial charge in [0.05, 0.1) is 31.3 Å². The Hall–Kier alpha value is -2.19. The molecular formula is C19H22Cl2N4O3. The Morgan fingerprint density at radius 3 is 2.82 bits per heavy atom. The van der Waals surface area contributed by atoms with Crippen LogP contribution in [0.25, 0.3) is 10.9 Å². The Balaban J connectivity index is 0.00000140. The largest absolute Gasteiger partial charge is 0.447 e. The molecule has 7 nitrogen and oxygen atoms in total. The Bertz CT molecular complexity index is 929. The lowest BCUT2D eigenvalue weighted by Gasteiger charge is -2.19. The molecule has 1 aliphatic rings. The van der Waals surface area contributed by atoms with Crippen molar-refractivity contribution in [3.8, 4) is 0 Å². The fourth-order valence-corrected chi connectivity index (χ4v) is 3.33. The number of hydrogen-bond acceptors (Lipinski definition) is 6. The van der Waals surface area contributed by atoms with Crippen LogP contribution in [0.5, 0.6) is 0 Å². The Morgan fingerprint density at radius 2 is 2.04 bits per heavy atom. The molecule has 28 heavy (non-hydrogen) atoms. The molecule has 150 valence electrons. The van der Waals surface area contributed by atoms with Gasteiger partial charge in [-0.2, -0.15) is 0 Å². The number of carbonyl (C=O) groups excluding carboxylic acids is 1. The van der Waals surface area contributed by atoms with Gasteiger partial charge in [0.1, 0.15) is 6.26 Å². The summed E-state index contributed by atoms with van der Waals surface area (Å²) in [5.74, 6) is 0.261. The van der Waals surface area contributed by atoms with Crippen LogP contribution >= 0.6 is 24.8 Å². The van der Waals surface area contributed by atoms with Crippen LogP contribution in [0.1, 0.15) is 21.9 Å². The van der Waals surface area contributed by atoms with Crippen LogP contribution in [-0.2, 0) is 17.7 Å². The van der Waals surface area contributed by atoms with E-state index in [2.05, 4.69) is 21.4 Å². The minimum absolute atomic E-state index is 0. The first kappa shape index (κ1) is 22.1. The molecule has 0 unspecified atom stereocenters. The number of para-hydroxylation sites is 1. The molecule has 4 rings (SSSR count). The molecular weight excluding hydrogens is 403 g/mol. The minimum Gasteiger partial charge on any atom is -0.447 e. The van der Waals surface area contributed by atoms with Crippen LogP contribution in [0.4, 0.5) is 0 Å². The third-order valence-corrected chi connectivity index (χ3v) is 4.70. The molecule has 3 N–H and O–H groups in total. The SMILES string of the molecule is Cl.Cl.NCc1nc(C(=O)N[C@@H]2COC[C@H]2Cc2ccnc3ccccc23)co1. The predicted octanol–water partition coefficient (Wildman–Crippen LogP) is 2.51. The molecule has 2 atom stereocenters. The molecule has 1 fully saturated rings. The van der Waals surface area contributed by atoms with Crippen LogP contribution in [0.3, 0.4) is 0 Å². The first-order valence-electron chi connectivity index (χ1n) is 8.60. The molecule has 2 aromatic heterocycles. The smallest absolute Gasteiger partial charge is 0.273 e. The van der Waals surface area contributed by atoms with E-state index < -0.39 is 0 Å². The monoisotopic (exact) mass is 424 g/mol. The summed E-state index contributed by atoms with van der Waals surface area (Å²) in [7, 11) is 0. The number of ether oxygens (including phenoxy) is 1. The topological polar surface area (TPSA) is 103 Å². The maximum atomic E-state index is 12.4. The molecule has 1 amide bonds. The fraction of sp³-hybridized carbons (Fsp3) is 0.316. The van der Waals surface area contributed by atoms with Crippen LogP contribution < -0.4 is 11.1 Å². The van der Waals surface area contributed by atoms with Gasteiger partial charge in [0.15, 0.2) is 5.69 Å². The highest BCUT2D eigenvalue weighted by Gasteiger charge is 2.31. The number of nitrogens with two attached hydrogens (primary N) is 1. The van der Waals surface area contributed by atoms with Crippen molar-refractivity contribution in [1.29, 1.82) is 0 Å². The number of fused-ring (bicyclic) bond motifs is 1. The number of hydrogen-bond donors (Lipinski definition) is 2. The molecule has 1 aromatic carbocycles. The van der Waals surface area contributed by atoms with Gasteiger partial charge >= 0.3 is 0 Å². The lowest BCUT2D eigenvalue weighted by Crippen LogP contribution is -2.40. The second kappa shape index (κ2) is 9.84. The van der Waals surface area contributed by atoms with E-state index in [0.29, 0.717) is 19.1 Å². The molecule has 3 heterocycles. The first-order valence-corrected chi connectivity index (χ1v) is 8.60. The molecule has 0 radical (unpaired) electrons. The summed E-state index contributed by atoms with van der Waals surface area (Å²) in [6.45, 7) is 1.26. The van der Waals surface area contributed by atoms with Crippen LogP contribution in [-0.4, -0.2) is 35.1 Å². The summed E-state index contributed by atoms with van der Waals surface area (Å²) in [6.07, 6.45) is 3.96. The number of pyridine rings is 1. The number of nitrogens with zero attached hydrogens (tertiary/aromatic N) is 2. The number of rotatable bonds is 5. The van der Waals surface area contributed by atoms with Gasteiger partial charge in [-0.05, 0) is 24.1 Å². The van der Waals surface area contributed by atoms with Crippen LogP contribution in [0, 0.1) is 5.92 Å². The molecule has 0 spiro atoms. The van der Waals surface area contributed by atoms with Gasteiger partial charge in [0, 0.05) is 17.5 Å². The maximum Gasteiger partial charge on any atom is 0.273 e. The molecule has 0 aliphatic carbocycles. The zero-order chi connectivity index (χ0) is 17.9. The van der Waals surface area contributed by atoms with Crippen molar-refractivity contribution in [3.63, 3.8) is 0 Å². The van der Waals surface area contributed by atoms with Crippen molar-refractivity contribution in [1.82, 2.24) is 15.3 Å². The molecule has 3 aromatic rings. The van der Waals surface area contributed by atoms with E-state index in [0.717, 1.165) is 17.3 Å². The van der Waals surface area contributed by atoms with Crippen molar-refractivity contribution in [2.24, 2.45) is 11.7 Å². The molecule has 0 saturated carbocycles. The maximum absolute atomic E-state index is 12.4. The molecule has 0 bridgehead atoms. The number of nitrogens with one attached hydrogen (secondary N) is 1. The summed E-state index contributed by atoms with van der Waals surface area (Å²) in [5.41, 5.74) is 7.89. The van der Waals surface area contributed by atoms with Crippen LogP contribution in [0.2, 0.25) is 0 Å². The van der Waals surface area contributed by atoms with Gasteiger partial charge in [0.2, 0.25) is 5.89 Å². The Morgan fingerprint density at radius 1 is 1.21 bits per heavy atom. The zero-order valence-electron chi connectivity index (χ0n) is 15.0. The zero-order valence-corrected chi connectivity index (χ0v) is 16.7. The lowest BCUT2D eigenvalue weighted by molar-refractivity contribution is 0.0920. The predicted molar refractivity (Wildman–Crippen MR) is 110 cm³/mol. The van der Waals surface area contributed by atoms with Crippen molar-refractivity contribution >= 4 is 41.6 Å². The van der Waals surface area contributed by atoms with E-state index >= 15 is 0 Å². The van der Waals surface area contributed by atoms with Gasteiger partial charge in [-0.1, -0.05) is 18.2 Å². The van der Waals surface area contributed by atoms with Crippen molar-refractivity contribution in [2.45, 2.75) is 19.0 Å². The second-order valence-corrected chi connectivity index (χ2v) is 6.40. The van der Waals surface area contributed by atoms with E-state index in [1.165, 1.54) is 11.8 Å². The number of benzene rings is 1. The van der Waals surface area contributed by atoms with E-state index in [9.17, 15) is 4.79 Å². The molecule has 9 heteroatoms. The third kappa shape index (κ3) is 4.62. The molecule has 1 aliphatic heterocycles. The number of carbonyl (C=O) groups is 1. The summed E-state index contributed by atoms with van der Waals surface area (Å²) in [6, 6.07) is 10.0. The summed E-state index contributed by atoms with van der Waals surface area (Å²) < 4.78 is 10.8. The first-order chi connectivity index (χ1) is 12.7.